The molecule has 0 spiro atoms. The number of carboxylic acid groups (broad SMARTS) is 1. The van der Waals surface area contributed by atoms with Gasteiger partial charge >= 0.3 is 5.97 Å². The molecule has 1 aliphatic rings. The number of aromatic carboxylic acids is 1. The molecular formula is C26H22N2O2. The van der Waals surface area contributed by atoms with E-state index in [1.54, 1.807) is 0 Å². The van der Waals surface area contributed by atoms with Crippen molar-refractivity contribution in [3.8, 4) is 11.3 Å². The Bertz CT molecular complexity index is 1230. The highest BCUT2D eigenvalue weighted by atomic mass is 16.4. The van der Waals surface area contributed by atoms with Crippen molar-refractivity contribution in [3.63, 3.8) is 0 Å². The summed E-state index contributed by atoms with van der Waals surface area (Å²) in [6.07, 6.45) is 0.972. The SMILES string of the molecule is O=C(O)c1c(CN2CCc3ccccc3C2)c(-c2ccccc2)nc2ccccc12. The van der Waals surface area contributed by atoms with Crippen molar-refractivity contribution < 1.29 is 9.90 Å². The molecule has 1 aliphatic heterocycles. The Morgan fingerprint density at radius 1 is 0.900 bits per heavy atom. The third kappa shape index (κ3) is 3.36. The lowest BCUT2D eigenvalue weighted by Crippen LogP contribution is -2.31. The number of carboxylic acids is 1. The van der Waals surface area contributed by atoms with Gasteiger partial charge in [0.15, 0.2) is 0 Å². The molecule has 0 bridgehead atoms. The molecular weight excluding hydrogens is 372 g/mol. The second kappa shape index (κ2) is 7.73. The number of benzene rings is 3. The van der Waals surface area contributed by atoms with Crippen molar-refractivity contribution in [2.45, 2.75) is 19.5 Å². The quantitative estimate of drug-likeness (QED) is 0.520. The zero-order chi connectivity index (χ0) is 20.5. The van der Waals surface area contributed by atoms with Crippen molar-refractivity contribution >= 4 is 16.9 Å². The molecule has 5 rings (SSSR count). The lowest BCUT2D eigenvalue weighted by atomic mass is 9.94. The van der Waals surface area contributed by atoms with E-state index in [0.29, 0.717) is 23.0 Å². The molecule has 1 N–H and O–H groups in total. The maximum atomic E-state index is 12.4. The fraction of sp³-hybridized carbons (Fsp3) is 0.154. The summed E-state index contributed by atoms with van der Waals surface area (Å²) in [6.45, 7) is 2.27. The monoisotopic (exact) mass is 394 g/mol. The van der Waals surface area contributed by atoms with Crippen molar-refractivity contribution in [2.24, 2.45) is 0 Å². The number of hydrogen-bond donors (Lipinski definition) is 1. The molecule has 0 amide bonds. The van der Waals surface area contributed by atoms with Crippen molar-refractivity contribution in [1.82, 2.24) is 9.88 Å². The van der Waals surface area contributed by atoms with Crippen LogP contribution in [0.5, 0.6) is 0 Å². The second-order valence-corrected chi connectivity index (χ2v) is 7.73. The summed E-state index contributed by atoms with van der Waals surface area (Å²) < 4.78 is 0. The van der Waals surface area contributed by atoms with Crippen LogP contribution in [0.4, 0.5) is 0 Å². The normalized spacial score (nSPS) is 13.9. The Kier molecular flexibility index (Phi) is 4.77. The van der Waals surface area contributed by atoms with Crippen LogP contribution in [0, 0.1) is 0 Å². The van der Waals surface area contributed by atoms with E-state index in [-0.39, 0.29) is 0 Å². The molecule has 1 aromatic heterocycles. The van der Waals surface area contributed by atoms with Gasteiger partial charge in [-0.05, 0) is 23.6 Å². The molecule has 148 valence electrons. The zero-order valence-electron chi connectivity index (χ0n) is 16.6. The van der Waals surface area contributed by atoms with Crippen LogP contribution in [0.2, 0.25) is 0 Å². The van der Waals surface area contributed by atoms with Gasteiger partial charge in [-0.15, -0.1) is 0 Å². The standard InChI is InChI=1S/C26H22N2O2/c29-26(30)24-21-12-6-7-13-23(21)27-25(19-9-2-1-3-10-19)22(24)17-28-15-14-18-8-4-5-11-20(18)16-28/h1-13H,14-17H2,(H,29,30). The molecule has 0 radical (unpaired) electrons. The van der Waals surface area contributed by atoms with Crippen molar-refractivity contribution in [2.75, 3.05) is 6.54 Å². The van der Waals surface area contributed by atoms with Crippen LogP contribution in [-0.4, -0.2) is 27.5 Å². The van der Waals surface area contributed by atoms with E-state index in [1.807, 2.05) is 54.6 Å². The molecule has 0 saturated heterocycles. The first kappa shape index (κ1) is 18.5. The summed E-state index contributed by atoms with van der Waals surface area (Å²) in [6, 6.07) is 25.9. The van der Waals surface area contributed by atoms with Crippen molar-refractivity contribution in [1.29, 1.82) is 0 Å². The van der Waals surface area contributed by atoms with Gasteiger partial charge in [0, 0.05) is 36.1 Å². The van der Waals surface area contributed by atoms with E-state index < -0.39 is 5.97 Å². The van der Waals surface area contributed by atoms with Crippen LogP contribution in [0.25, 0.3) is 22.2 Å². The average Bonchev–Trinajstić information content (AvgIpc) is 2.79. The largest absolute Gasteiger partial charge is 0.478 e. The molecule has 4 aromatic rings. The number of nitrogens with zero attached hydrogens (tertiary/aromatic N) is 2. The average molecular weight is 394 g/mol. The number of fused-ring (bicyclic) bond motifs is 2. The summed E-state index contributed by atoms with van der Waals surface area (Å²) in [7, 11) is 0. The fourth-order valence-corrected chi connectivity index (χ4v) is 4.40. The summed E-state index contributed by atoms with van der Waals surface area (Å²) in [4.78, 5) is 19.6. The molecule has 2 heterocycles. The fourth-order valence-electron chi connectivity index (χ4n) is 4.40. The predicted octanol–water partition coefficient (Wildman–Crippen LogP) is 5.16. The second-order valence-electron chi connectivity index (χ2n) is 7.73. The van der Waals surface area contributed by atoms with Crippen LogP contribution < -0.4 is 0 Å². The molecule has 0 fully saturated rings. The topological polar surface area (TPSA) is 53.4 Å². The Morgan fingerprint density at radius 3 is 2.40 bits per heavy atom. The molecule has 3 aromatic carbocycles. The van der Waals surface area contributed by atoms with Gasteiger partial charge < -0.3 is 5.11 Å². The lowest BCUT2D eigenvalue weighted by molar-refractivity contribution is 0.0696. The number of hydrogen-bond acceptors (Lipinski definition) is 3. The first-order valence-electron chi connectivity index (χ1n) is 10.2. The Morgan fingerprint density at radius 2 is 1.60 bits per heavy atom. The van der Waals surface area contributed by atoms with E-state index in [9.17, 15) is 9.90 Å². The van der Waals surface area contributed by atoms with E-state index in [4.69, 9.17) is 4.98 Å². The number of pyridine rings is 1. The molecule has 4 nitrogen and oxygen atoms in total. The summed E-state index contributed by atoms with van der Waals surface area (Å²) in [5.41, 5.74) is 6.25. The van der Waals surface area contributed by atoms with Crippen molar-refractivity contribution in [3.05, 3.63) is 101 Å². The maximum Gasteiger partial charge on any atom is 0.336 e. The number of rotatable bonds is 4. The van der Waals surface area contributed by atoms with Crippen LogP contribution >= 0.6 is 0 Å². The van der Waals surface area contributed by atoms with E-state index >= 15 is 0 Å². The van der Waals surface area contributed by atoms with E-state index in [0.717, 1.165) is 36.3 Å². The zero-order valence-corrected chi connectivity index (χ0v) is 16.6. The highest BCUT2D eigenvalue weighted by molar-refractivity contribution is 6.05. The van der Waals surface area contributed by atoms with Gasteiger partial charge in [-0.2, -0.15) is 0 Å². The molecule has 0 unspecified atom stereocenters. The first-order valence-corrected chi connectivity index (χ1v) is 10.2. The minimum Gasteiger partial charge on any atom is -0.478 e. The summed E-state index contributed by atoms with van der Waals surface area (Å²) >= 11 is 0. The first-order chi connectivity index (χ1) is 14.7. The van der Waals surface area contributed by atoms with Crippen LogP contribution in [0.15, 0.2) is 78.9 Å². The maximum absolute atomic E-state index is 12.4. The smallest absolute Gasteiger partial charge is 0.336 e. The van der Waals surface area contributed by atoms with Gasteiger partial charge in [-0.25, -0.2) is 9.78 Å². The third-order valence-corrected chi connectivity index (χ3v) is 5.85. The minimum atomic E-state index is -0.904. The van der Waals surface area contributed by atoms with E-state index in [1.165, 1.54) is 11.1 Å². The Labute approximate surface area is 175 Å². The van der Waals surface area contributed by atoms with Gasteiger partial charge in [-0.3, -0.25) is 4.90 Å². The molecule has 0 saturated carbocycles. The minimum absolute atomic E-state index is 0.360. The number of para-hydroxylation sites is 1. The third-order valence-electron chi connectivity index (χ3n) is 5.85. The van der Waals surface area contributed by atoms with Gasteiger partial charge in [0.2, 0.25) is 0 Å². The van der Waals surface area contributed by atoms with Gasteiger partial charge in [0.05, 0.1) is 16.8 Å². The number of aromatic nitrogens is 1. The predicted molar refractivity (Wildman–Crippen MR) is 118 cm³/mol. The van der Waals surface area contributed by atoms with E-state index in [2.05, 4.69) is 29.2 Å². The molecule has 0 atom stereocenters. The van der Waals surface area contributed by atoms with Gasteiger partial charge in [0.1, 0.15) is 0 Å². The molecule has 4 heteroatoms. The highest BCUT2D eigenvalue weighted by Crippen LogP contribution is 2.32. The summed E-state index contributed by atoms with van der Waals surface area (Å²) in [5.74, 6) is -0.904. The van der Waals surface area contributed by atoms with Crippen LogP contribution in [-0.2, 0) is 19.5 Å². The van der Waals surface area contributed by atoms with Gasteiger partial charge in [0.25, 0.3) is 0 Å². The van der Waals surface area contributed by atoms with Crippen LogP contribution in [0.1, 0.15) is 27.0 Å². The molecule has 30 heavy (non-hydrogen) atoms. The Balaban J connectivity index is 1.66. The van der Waals surface area contributed by atoms with Crippen LogP contribution in [0.3, 0.4) is 0 Å². The summed E-state index contributed by atoms with van der Waals surface area (Å²) in [5, 5.41) is 10.9. The Hall–Kier alpha value is -3.50. The number of carbonyl (C=O) groups is 1. The lowest BCUT2D eigenvalue weighted by Gasteiger charge is -2.30. The molecule has 0 aliphatic carbocycles. The van der Waals surface area contributed by atoms with Gasteiger partial charge in [-0.1, -0.05) is 72.8 Å². The highest BCUT2D eigenvalue weighted by Gasteiger charge is 2.24.